The summed E-state index contributed by atoms with van der Waals surface area (Å²) in [4.78, 5) is 46.1. The van der Waals surface area contributed by atoms with Crippen molar-refractivity contribution >= 4 is 52.2 Å². The van der Waals surface area contributed by atoms with E-state index in [4.69, 9.17) is 17.3 Å². The van der Waals surface area contributed by atoms with E-state index in [1.165, 1.54) is 6.07 Å². The lowest BCUT2D eigenvalue weighted by Crippen LogP contribution is -2.50. The van der Waals surface area contributed by atoms with Crippen molar-refractivity contribution in [2.75, 3.05) is 56.9 Å². The molecule has 4 N–H and O–H groups in total. The molecular weight excluding hydrogens is 665 g/mol. The van der Waals surface area contributed by atoms with Gasteiger partial charge >= 0.3 is 12.2 Å². The zero-order chi connectivity index (χ0) is 34.0. The number of rotatable bonds is 7. The second-order valence-corrected chi connectivity index (χ2v) is 14.8. The summed E-state index contributed by atoms with van der Waals surface area (Å²) in [7, 11) is 0. The number of fused-ring (bicyclic) bond motifs is 1. The number of halogens is 4. The van der Waals surface area contributed by atoms with Crippen LogP contribution in [0.5, 0.6) is 0 Å². The van der Waals surface area contributed by atoms with Gasteiger partial charge in [-0.05, 0) is 105 Å². The third-order valence-corrected chi connectivity index (χ3v) is 11.9. The number of anilines is 2. The Balaban J connectivity index is 1.12. The van der Waals surface area contributed by atoms with Crippen LogP contribution in [0.2, 0.25) is 5.02 Å². The zero-order valence-electron chi connectivity index (χ0n) is 27.0. The number of urea groups is 1. The molecule has 0 aliphatic carbocycles. The van der Waals surface area contributed by atoms with Crippen LogP contribution in [-0.4, -0.2) is 84.4 Å². The van der Waals surface area contributed by atoms with E-state index in [1.54, 1.807) is 21.1 Å². The number of hydrogen-bond acceptors (Lipinski definition) is 6. The van der Waals surface area contributed by atoms with E-state index in [0.29, 0.717) is 57.4 Å². The molecule has 1 atom stereocenters. The van der Waals surface area contributed by atoms with Crippen LogP contribution in [0.4, 0.5) is 29.3 Å². The van der Waals surface area contributed by atoms with Gasteiger partial charge in [0, 0.05) is 50.6 Å². The molecule has 2 aromatic rings. The Bertz CT molecular complexity index is 1480. The predicted octanol–water partition coefficient (Wildman–Crippen LogP) is 5.87. The van der Waals surface area contributed by atoms with Gasteiger partial charge in [0.25, 0.3) is 0 Å². The van der Waals surface area contributed by atoms with Crippen LogP contribution in [-0.2, 0) is 28.6 Å². The molecule has 0 saturated carbocycles. The number of amides is 4. The number of carbonyl (C=O) groups is 3. The molecule has 1 aromatic heterocycles. The first-order chi connectivity index (χ1) is 23.0. The van der Waals surface area contributed by atoms with Crippen molar-refractivity contribution in [1.29, 1.82) is 0 Å². The van der Waals surface area contributed by atoms with E-state index >= 15 is 0 Å². The SMILES string of the molecule is Nc1c(Cl)cc(C[C@@H](CC(=O)N2CCC(N3CCc4cscc4NC3=O)CC2)C(=O)N2CCC(C3CCNCC3)CC2)cc1C(F)(F)F. The van der Waals surface area contributed by atoms with Crippen LogP contribution in [0.1, 0.15) is 61.6 Å². The van der Waals surface area contributed by atoms with E-state index < -0.39 is 23.3 Å². The lowest BCUT2D eigenvalue weighted by atomic mass is 9.79. The molecule has 0 bridgehead atoms. The molecule has 262 valence electrons. The highest BCUT2D eigenvalue weighted by Gasteiger charge is 2.38. The summed E-state index contributed by atoms with van der Waals surface area (Å²) in [5, 5.41) is 10.2. The highest BCUT2D eigenvalue weighted by Crippen LogP contribution is 2.39. The average molecular weight is 709 g/mol. The van der Waals surface area contributed by atoms with Crippen LogP contribution in [0.25, 0.3) is 0 Å². The van der Waals surface area contributed by atoms with Crippen molar-refractivity contribution in [3.8, 4) is 0 Å². The summed E-state index contributed by atoms with van der Waals surface area (Å²) in [6, 6.07) is 2.17. The summed E-state index contributed by atoms with van der Waals surface area (Å²) in [6.45, 7) is 4.64. The van der Waals surface area contributed by atoms with Crippen molar-refractivity contribution < 1.29 is 27.6 Å². The number of thiophene rings is 1. The first-order valence-electron chi connectivity index (χ1n) is 17.0. The summed E-state index contributed by atoms with van der Waals surface area (Å²) in [5.74, 6) is -0.0920. The minimum atomic E-state index is -4.71. The van der Waals surface area contributed by atoms with E-state index in [0.717, 1.165) is 62.5 Å². The summed E-state index contributed by atoms with van der Waals surface area (Å²) in [6.07, 6.45) is 1.11. The smallest absolute Gasteiger partial charge is 0.397 e. The molecule has 1 aromatic carbocycles. The Labute approximate surface area is 288 Å². The summed E-state index contributed by atoms with van der Waals surface area (Å²) >= 11 is 7.70. The Morgan fingerprint density at radius 2 is 1.62 bits per heavy atom. The third kappa shape index (κ3) is 7.89. The number of nitrogen functional groups attached to an aromatic ring is 1. The maximum absolute atomic E-state index is 14.1. The molecule has 3 fully saturated rings. The summed E-state index contributed by atoms with van der Waals surface area (Å²) < 4.78 is 41.4. The number of hydrogen-bond donors (Lipinski definition) is 3. The number of carbonyl (C=O) groups excluding carboxylic acids is 3. The quantitative estimate of drug-likeness (QED) is 0.312. The van der Waals surface area contributed by atoms with E-state index in [9.17, 15) is 27.6 Å². The largest absolute Gasteiger partial charge is 0.418 e. The zero-order valence-corrected chi connectivity index (χ0v) is 28.6. The molecule has 0 spiro atoms. The van der Waals surface area contributed by atoms with Gasteiger partial charge in [-0.25, -0.2) is 4.79 Å². The molecule has 4 aliphatic rings. The van der Waals surface area contributed by atoms with Crippen molar-refractivity contribution in [1.82, 2.24) is 20.0 Å². The number of nitrogens with zero attached hydrogens (tertiary/aromatic N) is 3. The van der Waals surface area contributed by atoms with E-state index in [2.05, 4.69) is 16.0 Å². The minimum absolute atomic E-state index is 0.0156. The molecule has 0 radical (unpaired) electrons. The van der Waals surface area contributed by atoms with Crippen LogP contribution >= 0.6 is 22.9 Å². The fourth-order valence-corrected chi connectivity index (χ4v) is 9.06. The number of nitrogens with one attached hydrogen (secondary N) is 2. The third-order valence-electron chi connectivity index (χ3n) is 10.8. The fourth-order valence-electron chi connectivity index (χ4n) is 7.99. The summed E-state index contributed by atoms with van der Waals surface area (Å²) in [5.41, 5.74) is 6.28. The maximum Gasteiger partial charge on any atom is 0.418 e. The van der Waals surface area contributed by atoms with Crippen molar-refractivity contribution in [3.63, 3.8) is 0 Å². The minimum Gasteiger partial charge on any atom is -0.397 e. The second-order valence-electron chi connectivity index (χ2n) is 13.7. The first kappa shape index (κ1) is 34.8. The highest BCUT2D eigenvalue weighted by molar-refractivity contribution is 7.08. The number of benzene rings is 1. The number of nitrogens with two attached hydrogens (primary N) is 1. The van der Waals surface area contributed by atoms with Gasteiger partial charge in [-0.2, -0.15) is 13.2 Å². The van der Waals surface area contributed by atoms with Crippen molar-refractivity contribution in [2.45, 2.75) is 70.0 Å². The molecule has 14 heteroatoms. The van der Waals surface area contributed by atoms with Gasteiger partial charge in [-0.1, -0.05) is 11.6 Å². The average Bonchev–Trinajstić information content (AvgIpc) is 3.45. The standard InChI is InChI=1S/C34H44ClF3N6O3S/c35-28-17-21(16-27(31(28)39)34(36,37)38)15-25(32(46)43-10-3-23(4-11-43)22-1-8-40-9-2-22)18-30(45)42-12-6-26(7-13-42)44-14-5-24-19-48-20-29(24)41-33(44)47/h16-17,19-20,22-23,25-26,40H,1-15,18,39H2,(H,41,47)/t25-/m0/s1. The maximum atomic E-state index is 14.1. The van der Waals surface area contributed by atoms with Crippen LogP contribution < -0.4 is 16.4 Å². The van der Waals surface area contributed by atoms with E-state index in [-0.39, 0.29) is 47.3 Å². The lowest BCUT2D eigenvalue weighted by Gasteiger charge is -2.40. The molecule has 5 heterocycles. The highest BCUT2D eigenvalue weighted by atomic mass is 35.5. The van der Waals surface area contributed by atoms with Gasteiger partial charge in [-0.15, -0.1) is 11.3 Å². The van der Waals surface area contributed by atoms with Gasteiger partial charge in [0.15, 0.2) is 0 Å². The van der Waals surface area contributed by atoms with Gasteiger partial charge in [0.05, 0.1) is 27.9 Å². The Kier molecular flexibility index (Phi) is 10.8. The van der Waals surface area contributed by atoms with Gasteiger partial charge in [0.1, 0.15) is 0 Å². The molecule has 0 unspecified atom stereocenters. The molecule has 4 aliphatic heterocycles. The number of alkyl halides is 3. The molecule has 6 rings (SSSR count). The molecule has 48 heavy (non-hydrogen) atoms. The van der Waals surface area contributed by atoms with Crippen LogP contribution in [0, 0.1) is 17.8 Å². The van der Waals surface area contributed by atoms with Gasteiger partial charge in [0.2, 0.25) is 11.8 Å². The predicted molar refractivity (Wildman–Crippen MR) is 181 cm³/mol. The normalized spacial score (nSPS) is 21.1. The molecule has 3 saturated heterocycles. The van der Waals surface area contributed by atoms with Gasteiger partial charge in [-0.3, -0.25) is 9.59 Å². The second kappa shape index (κ2) is 14.8. The fraction of sp³-hybridized carbons (Fsp3) is 0.618. The molecular formula is C34H44ClF3N6O3S. The van der Waals surface area contributed by atoms with Crippen LogP contribution in [0.3, 0.4) is 0 Å². The Morgan fingerprint density at radius 3 is 2.31 bits per heavy atom. The van der Waals surface area contributed by atoms with E-state index in [1.807, 2.05) is 10.3 Å². The monoisotopic (exact) mass is 708 g/mol. The van der Waals surface area contributed by atoms with Crippen LogP contribution in [0.15, 0.2) is 22.9 Å². The Hall–Kier alpha value is -3.03. The molecule has 4 amide bonds. The molecule has 9 nitrogen and oxygen atoms in total. The van der Waals surface area contributed by atoms with Gasteiger partial charge < -0.3 is 31.1 Å². The number of likely N-dealkylation sites (tertiary alicyclic amines) is 2. The first-order valence-corrected chi connectivity index (χ1v) is 18.3. The number of piperidine rings is 3. The Morgan fingerprint density at radius 1 is 0.958 bits per heavy atom. The van der Waals surface area contributed by atoms with Crippen molar-refractivity contribution in [3.05, 3.63) is 44.6 Å². The van der Waals surface area contributed by atoms with Crippen molar-refractivity contribution in [2.24, 2.45) is 17.8 Å². The lowest BCUT2D eigenvalue weighted by molar-refractivity contribution is -0.143. The topological polar surface area (TPSA) is 111 Å².